The number of rotatable bonds is 58. The molecule has 0 amide bonds. The van der Waals surface area contributed by atoms with Crippen molar-refractivity contribution in [3.05, 3.63) is 0 Å². The SMILES string of the molecule is CCCCCCCCCCCCCCCCCC(=O)OCC1OC(OC2C(OC3OC(C)C(OC(=O)CCCCCCCCCCCCCCC)C(O)C3O)C(C)OC(OC3C(C)OC4OC5C(OC(CCCCC)CCCCCCCCCC(=O)OC3C4O)OC(C)C(O)C5O)C2OC(=O)CCCCCCCCCCCCCCC)C(O)C(O)C1O. The second-order valence-electron chi connectivity index (χ2n) is 36.7. The van der Waals surface area contributed by atoms with Crippen LogP contribution in [0.3, 0.4) is 0 Å². The van der Waals surface area contributed by atoms with Crippen molar-refractivity contribution in [2.24, 2.45) is 0 Å². The van der Waals surface area contributed by atoms with Crippen LogP contribution in [0.1, 0.15) is 421 Å². The first-order valence-corrected chi connectivity index (χ1v) is 49.9. The molecule has 0 spiro atoms. The van der Waals surface area contributed by atoms with Gasteiger partial charge in [-0.2, -0.15) is 0 Å². The summed E-state index contributed by atoms with van der Waals surface area (Å²) >= 11 is 0. The van der Waals surface area contributed by atoms with Crippen LogP contribution < -0.4 is 0 Å². The minimum Gasteiger partial charge on any atom is -0.463 e. The van der Waals surface area contributed by atoms with Crippen LogP contribution in [0.4, 0.5) is 0 Å². The van der Waals surface area contributed by atoms with Crippen molar-refractivity contribution >= 4 is 23.9 Å². The molecule has 6 saturated heterocycles. The first-order valence-electron chi connectivity index (χ1n) is 49.9. The fourth-order valence-electron chi connectivity index (χ4n) is 18.0. The number of hydrogen-bond donors (Lipinski definition) is 8. The van der Waals surface area contributed by atoms with Gasteiger partial charge >= 0.3 is 23.9 Å². The molecule has 6 rings (SSSR count). The Morgan fingerprint density at radius 3 is 1.20 bits per heavy atom. The molecule has 26 unspecified atom stereocenters. The van der Waals surface area contributed by atoms with E-state index < -0.39 is 184 Å². The smallest absolute Gasteiger partial charge is 0.306 e. The summed E-state index contributed by atoms with van der Waals surface area (Å²) in [5.74, 6) is -2.63. The summed E-state index contributed by atoms with van der Waals surface area (Å²) in [5.41, 5.74) is 0. The largest absolute Gasteiger partial charge is 0.463 e. The number of carbonyl (C=O) groups is 4. The fourth-order valence-corrected chi connectivity index (χ4v) is 18.0. The number of aliphatic hydroxyl groups excluding tert-OH is 8. The van der Waals surface area contributed by atoms with Crippen molar-refractivity contribution in [3.63, 3.8) is 0 Å². The Bertz CT molecular complexity index is 2670. The van der Waals surface area contributed by atoms with Gasteiger partial charge in [-0.3, -0.25) is 19.2 Å². The predicted molar refractivity (Wildman–Crippen MR) is 465 cm³/mol. The molecule has 0 saturated carbocycles. The average molecular weight is 1740 g/mol. The maximum absolute atomic E-state index is 14.9. The van der Waals surface area contributed by atoms with Gasteiger partial charge in [-0.25, -0.2) is 0 Å². The van der Waals surface area contributed by atoms with Gasteiger partial charge in [-0.15, -0.1) is 0 Å². The summed E-state index contributed by atoms with van der Waals surface area (Å²) in [4.78, 5) is 56.2. The normalized spacial score (nSPS) is 32.8. The molecule has 0 aromatic rings. The van der Waals surface area contributed by atoms with Gasteiger partial charge in [0.2, 0.25) is 0 Å². The molecule has 6 fully saturated rings. The van der Waals surface area contributed by atoms with Crippen LogP contribution in [-0.2, 0) is 85.5 Å². The van der Waals surface area contributed by atoms with Crippen molar-refractivity contribution in [2.75, 3.05) is 6.61 Å². The lowest BCUT2D eigenvalue weighted by atomic mass is 9.95. The lowest BCUT2D eigenvalue weighted by Gasteiger charge is -2.51. The summed E-state index contributed by atoms with van der Waals surface area (Å²) in [6.07, 6.45) is 14.9. The van der Waals surface area contributed by atoms with E-state index in [0.717, 1.165) is 141 Å². The number of aliphatic hydroxyl groups is 8. The zero-order valence-corrected chi connectivity index (χ0v) is 76.9. The number of unbranched alkanes of at least 4 members (excludes halogenated alkanes) is 40. The Labute approximate surface area is 734 Å². The van der Waals surface area contributed by atoms with E-state index >= 15 is 0 Å². The molecule has 26 heteroatoms. The molecule has 122 heavy (non-hydrogen) atoms. The van der Waals surface area contributed by atoms with Gasteiger partial charge in [0.15, 0.2) is 49.8 Å². The van der Waals surface area contributed by atoms with Gasteiger partial charge in [0.05, 0.1) is 30.5 Å². The minimum absolute atomic E-state index is 0.0499. The number of ether oxygens (including phenoxy) is 14. The summed E-state index contributed by atoms with van der Waals surface area (Å²) in [7, 11) is 0. The average Bonchev–Trinajstić information content (AvgIpc) is 0.758. The summed E-state index contributed by atoms with van der Waals surface area (Å²) in [6.45, 7) is 14.5. The van der Waals surface area contributed by atoms with Crippen LogP contribution >= 0.6 is 0 Å². The van der Waals surface area contributed by atoms with E-state index in [2.05, 4.69) is 27.7 Å². The Kier molecular flexibility index (Phi) is 56.6. The molecule has 6 aliphatic heterocycles. The van der Waals surface area contributed by atoms with Gasteiger partial charge in [0, 0.05) is 25.7 Å². The number of hydrogen-bond acceptors (Lipinski definition) is 26. The van der Waals surface area contributed by atoms with Crippen LogP contribution in [0, 0.1) is 0 Å². The van der Waals surface area contributed by atoms with E-state index in [0.29, 0.717) is 44.9 Å². The Morgan fingerprint density at radius 1 is 0.311 bits per heavy atom. The van der Waals surface area contributed by atoms with Crippen LogP contribution in [0.5, 0.6) is 0 Å². The molecule has 0 aromatic carbocycles. The highest BCUT2D eigenvalue weighted by atomic mass is 16.8. The second kappa shape index (κ2) is 64.0. The van der Waals surface area contributed by atoms with Gasteiger partial charge < -0.3 is 107 Å². The lowest BCUT2D eigenvalue weighted by Crippen LogP contribution is -2.68. The third kappa shape index (κ3) is 40.3. The van der Waals surface area contributed by atoms with E-state index in [4.69, 9.17) is 66.3 Å². The highest BCUT2D eigenvalue weighted by molar-refractivity contribution is 5.70. The quantitative estimate of drug-likeness (QED) is 0.0159. The fraction of sp³-hybridized carbons (Fsp3) is 0.958. The number of fused-ring (bicyclic) bond motifs is 3. The van der Waals surface area contributed by atoms with E-state index in [1.165, 1.54) is 161 Å². The van der Waals surface area contributed by atoms with Crippen molar-refractivity contribution < 1.29 is 126 Å². The third-order valence-electron chi connectivity index (χ3n) is 25.9. The first-order chi connectivity index (χ1) is 59.1. The Morgan fingerprint density at radius 2 is 0.697 bits per heavy atom. The first kappa shape index (κ1) is 108. The molecular weight excluding hydrogens is 1570 g/mol. The monoisotopic (exact) mass is 1740 g/mol. The zero-order valence-electron chi connectivity index (χ0n) is 76.9. The molecule has 6 heterocycles. The van der Waals surface area contributed by atoms with E-state index in [-0.39, 0.29) is 31.8 Å². The molecule has 0 aliphatic carbocycles. The van der Waals surface area contributed by atoms with Crippen LogP contribution in [-0.4, -0.2) is 231 Å². The Balaban J connectivity index is 1.28. The Hall–Kier alpha value is -2.84. The molecule has 0 aromatic heterocycles. The zero-order chi connectivity index (χ0) is 88.2. The highest BCUT2D eigenvalue weighted by Gasteiger charge is 2.59. The highest BCUT2D eigenvalue weighted by Crippen LogP contribution is 2.40. The molecule has 8 N–H and O–H groups in total. The third-order valence-corrected chi connectivity index (χ3v) is 25.9. The van der Waals surface area contributed by atoms with E-state index in [1.807, 2.05) is 0 Å². The summed E-state index contributed by atoms with van der Waals surface area (Å²) in [5, 5.41) is 95.7. The van der Waals surface area contributed by atoms with Crippen LogP contribution in [0.25, 0.3) is 0 Å². The topological polar surface area (TPSA) is 359 Å². The number of carbonyl (C=O) groups excluding carboxylic acids is 4. The maximum atomic E-state index is 14.9. The van der Waals surface area contributed by atoms with Crippen molar-refractivity contribution in [1.82, 2.24) is 0 Å². The van der Waals surface area contributed by atoms with Gasteiger partial charge in [0.25, 0.3) is 0 Å². The minimum atomic E-state index is -2.06. The molecule has 2 bridgehead atoms. The van der Waals surface area contributed by atoms with Gasteiger partial charge in [-0.1, -0.05) is 329 Å². The van der Waals surface area contributed by atoms with Gasteiger partial charge in [0.1, 0.15) is 86.0 Å². The maximum Gasteiger partial charge on any atom is 0.306 e. The number of esters is 4. The molecule has 26 atom stereocenters. The lowest BCUT2D eigenvalue weighted by molar-refractivity contribution is -0.400. The molecule has 26 nitrogen and oxygen atoms in total. The molecule has 6 aliphatic rings. The second-order valence-corrected chi connectivity index (χ2v) is 36.7. The van der Waals surface area contributed by atoms with E-state index in [9.17, 15) is 60.0 Å². The molecule has 714 valence electrons. The summed E-state index contributed by atoms with van der Waals surface area (Å²) < 4.78 is 90.6. The molecule has 0 radical (unpaired) electrons. The van der Waals surface area contributed by atoms with Crippen molar-refractivity contribution in [3.8, 4) is 0 Å². The van der Waals surface area contributed by atoms with E-state index in [1.54, 1.807) is 20.8 Å². The van der Waals surface area contributed by atoms with Crippen molar-refractivity contribution in [1.29, 1.82) is 0 Å². The summed E-state index contributed by atoms with van der Waals surface area (Å²) in [6, 6.07) is 0. The predicted octanol–water partition coefficient (Wildman–Crippen LogP) is 17.1. The van der Waals surface area contributed by atoms with Gasteiger partial charge in [-0.05, 0) is 66.2 Å². The van der Waals surface area contributed by atoms with Crippen LogP contribution in [0.15, 0.2) is 0 Å². The molecular formula is C96H174O26. The standard InChI is InChI=1S/C96H174O26/c1-9-13-17-20-23-26-29-32-33-36-37-40-45-50-56-62-73(97)109-66-72-78(102)79(103)82(106)93(115-72)122-90-87(119-92-83(107)81(105)85(68(6)111-92)116-74(98)63-57-51-46-41-38-34-30-27-24-21-18-14-10-2)70(8)113-96(91(90)118-76(100)65-59-52-47-42-39-35-31-28-25-22-19-15-11-3)120-86-69(7)112-94-84(108)88(86)117-75(99)64-58-53-48-43-44-49-55-61-71(60-54-16-12-4)114-95-89(121-94)80(104)77(101)67(5)110-95/h67-72,77-96,101-108H,9-66H2,1-8H3. The van der Waals surface area contributed by atoms with Crippen molar-refractivity contribution in [2.45, 2.75) is 581 Å². The van der Waals surface area contributed by atoms with Crippen LogP contribution in [0.2, 0.25) is 0 Å².